The minimum absolute atomic E-state index is 0.195. The summed E-state index contributed by atoms with van der Waals surface area (Å²) < 4.78 is 16.7. The first-order chi connectivity index (χ1) is 12.2. The first-order valence-electron chi connectivity index (χ1n) is 9.26. The van der Waals surface area contributed by atoms with Crippen molar-refractivity contribution in [1.29, 1.82) is 0 Å². The summed E-state index contributed by atoms with van der Waals surface area (Å²) in [4.78, 5) is 14.5. The number of para-hydroxylation sites is 1. The van der Waals surface area contributed by atoms with Crippen LogP contribution in [-0.2, 0) is 14.3 Å². The second-order valence-electron chi connectivity index (χ2n) is 7.13. The molecule has 0 unspecified atom stereocenters. The van der Waals surface area contributed by atoms with Gasteiger partial charge in [0.25, 0.3) is 0 Å². The molecule has 0 radical (unpaired) electrons. The fourth-order valence-corrected chi connectivity index (χ4v) is 4.10. The molecular weight excluding hydrogens is 318 g/mol. The van der Waals surface area contributed by atoms with Crippen molar-refractivity contribution in [3.63, 3.8) is 0 Å². The minimum Gasteiger partial charge on any atom is -0.493 e. The molecule has 5 nitrogen and oxygen atoms in total. The van der Waals surface area contributed by atoms with Gasteiger partial charge in [0.15, 0.2) is 0 Å². The third-order valence-electron chi connectivity index (χ3n) is 5.74. The summed E-state index contributed by atoms with van der Waals surface area (Å²) >= 11 is 0. The van der Waals surface area contributed by atoms with Gasteiger partial charge in [-0.2, -0.15) is 0 Å². The second-order valence-corrected chi connectivity index (χ2v) is 7.13. The van der Waals surface area contributed by atoms with E-state index >= 15 is 0 Å². The van der Waals surface area contributed by atoms with Crippen molar-refractivity contribution in [1.82, 2.24) is 4.90 Å². The third kappa shape index (κ3) is 4.53. The van der Waals surface area contributed by atoms with Gasteiger partial charge in [0.05, 0.1) is 26.2 Å². The molecule has 5 heteroatoms. The van der Waals surface area contributed by atoms with Crippen molar-refractivity contribution < 1.29 is 19.0 Å². The lowest BCUT2D eigenvalue weighted by Crippen LogP contribution is -2.50. The normalized spacial score (nSPS) is 22.8. The van der Waals surface area contributed by atoms with Crippen LogP contribution in [0.15, 0.2) is 30.3 Å². The molecule has 1 atom stereocenters. The van der Waals surface area contributed by atoms with E-state index in [9.17, 15) is 4.79 Å². The van der Waals surface area contributed by atoms with Gasteiger partial charge in [-0.25, -0.2) is 0 Å². The van der Waals surface area contributed by atoms with Gasteiger partial charge in [-0.05, 0) is 36.8 Å². The molecule has 0 aromatic heterocycles. The molecule has 25 heavy (non-hydrogen) atoms. The number of nitrogens with zero attached hydrogens (tertiary/aromatic N) is 1. The SMILES string of the molecule is COC[C@@H]1COCCC12CCN(C(=O)CCOc1ccccc1)CC2. The summed E-state index contributed by atoms with van der Waals surface area (Å²) in [5.74, 6) is 1.46. The predicted octanol–water partition coefficient (Wildman–Crippen LogP) is 2.75. The third-order valence-corrected chi connectivity index (χ3v) is 5.74. The topological polar surface area (TPSA) is 48.0 Å². The van der Waals surface area contributed by atoms with Crippen molar-refractivity contribution in [3.8, 4) is 5.75 Å². The fraction of sp³-hybridized carbons (Fsp3) is 0.650. The zero-order valence-corrected chi connectivity index (χ0v) is 15.1. The molecule has 3 rings (SSSR count). The Morgan fingerprint density at radius 3 is 2.72 bits per heavy atom. The van der Waals surface area contributed by atoms with Crippen molar-refractivity contribution in [2.45, 2.75) is 25.7 Å². The Kier molecular flexibility index (Phi) is 6.32. The highest BCUT2D eigenvalue weighted by atomic mass is 16.5. The van der Waals surface area contributed by atoms with E-state index < -0.39 is 0 Å². The van der Waals surface area contributed by atoms with Crippen LogP contribution in [-0.4, -0.2) is 57.4 Å². The van der Waals surface area contributed by atoms with Crippen LogP contribution in [0.25, 0.3) is 0 Å². The molecule has 0 bridgehead atoms. The summed E-state index contributed by atoms with van der Waals surface area (Å²) in [5.41, 5.74) is 0.283. The fourth-order valence-electron chi connectivity index (χ4n) is 4.10. The lowest BCUT2D eigenvalue weighted by atomic mass is 9.66. The zero-order valence-electron chi connectivity index (χ0n) is 15.1. The number of ether oxygens (including phenoxy) is 3. The Morgan fingerprint density at radius 1 is 1.24 bits per heavy atom. The molecule has 1 aromatic rings. The zero-order chi connectivity index (χ0) is 17.5. The Labute approximate surface area is 150 Å². The number of amides is 1. The van der Waals surface area contributed by atoms with Gasteiger partial charge >= 0.3 is 0 Å². The summed E-state index contributed by atoms with van der Waals surface area (Å²) in [6.45, 7) is 4.48. The van der Waals surface area contributed by atoms with Crippen molar-refractivity contribution in [2.24, 2.45) is 11.3 Å². The molecule has 2 fully saturated rings. The van der Waals surface area contributed by atoms with Gasteiger partial charge in [-0.3, -0.25) is 4.79 Å². The molecule has 138 valence electrons. The molecule has 1 amide bonds. The smallest absolute Gasteiger partial charge is 0.225 e. The van der Waals surface area contributed by atoms with Crippen LogP contribution in [0.3, 0.4) is 0 Å². The van der Waals surface area contributed by atoms with E-state index in [2.05, 4.69) is 0 Å². The predicted molar refractivity (Wildman–Crippen MR) is 95.6 cm³/mol. The van der Waals surface area contributed by atoms with Gasteiger partial charge in [0.1, 0.15) is 5.75 Å². The number of piperidine rings is 1. The first-order valence-corrected chi connectivity index (χ1v) is 9.26. The first kappa shape index (κ1) is 18.2. The highest BCUT2D eigenvalue weighted by Gasteiger charge is 2.43. The van der Waals surface area contributed by atoms with Crippen molar-refractivity contribution >= 4 is 5.91 Å². The molecule has 2 saturated heterocycles. The summed E-state index contributed by atoms with van der Waals surface area (Å²) in [6.07, 6.45) is 3.62. The Morgan fingerprint density at radius 2 is 2.00 bits per heavy atom. The second kappa shape index (κ2) is 8.68. The van der Waals surface area contributed by atoms with Gasteiger partial charge in [-0.1, -0.05) is 18.2 Å². The van der Waals surface area contributed by atoms with E-state index in [4.69, 9.17) is 14.2 Å². The average molecular weight is 347 g/mol. The minimum atomic E-state index is 0.195. The number of methoxy groups -OCH3 is 1. The highest BCUT2D eigenvalue weighted by Crippen LogP contribution is 2.44. The number of rotatable bonds is 6. The number of likely N-dealkylation sites (tertiary alicyclic amines) is 1. The number of carbonyl (C=O) groups excluding carboxylic acids is 1. The maximum atomic E-state index is 12.5. The maximum absolute atomic E-state index is 12.5. The highest BCUT2D eigenvalue weighted by molar-refractivity contribution is 5.76. The summed E-state index contributed by atoms with van der Waals surface area (Å²) in [5, 5.41) is 0. The van der Waals surface area contributed by atoms with E-state index in [1.807, 2.05) is 35.2 Å². The van der Waals surface area contributed by atoms with Crippen molar-refractivity contribution in [3.05, 3.63) is 30.3 Å². The maximum Gasteiger partial charge on any atom is 0.225 e. The van der Waals surface area contributed by atoms with E-state index in [-0.39, 0.29) is 11.3 Å². The van der Waals surface area contributed by atoms with Crippen LogP contribution in [0.4, 0.5) is 0 Å². The number of benzene rings is 1. The van der Waals surface area contributed by atoms with Gasteiger partial charge in [0, 0.05) is 32.7 Å². The lowest BCUT2D eigenvalue weighted by molar-refractivity contribution is -0.139. The van der Waals surface area contributed by atoms with E-state index in [1.165, 1.54) is 0 Å². The molecule has 2 heterocycles. The molecule has 0 N–H and O–H groups in total. The van der Waals surface area contributed by atoms with Crippen LogP contribution in [0.1, 0.15) is 25.7 Å². The Bertz CT molecular complexity index is 538. The van der Waals surface area contributed by atoms with E-state index in [0.29, 0.717) is 18.9 Å². The number of hydrogen-bond acceptors (Lipinski definition) is 4. The molecular formula is C20H29NO4. The van der Waals surface area contributed by atoms with Gasteiger partial charge in [-0.15, -0.1) is 0 Å². The largest absolute Gasteiger partial charge is 0.493 e. The van der Waals surface area contributed by atoms with Gasteiger partial charge in [0.2, 0.25) is 5.91 Å². The van der Waals surface area contributed by atoms with Crippen LogP contribution < -0.4 is 4.74 Å². The standard InChI is InChI=1S/C20H29NO4/c1-23-15-17-16-24-14-10-20(17)8-11-21(12-9-20)19(22)7-13-25-18-5-3-2-4-6-18/h2-6,17H,7-16H2,1H3/t17-/m1/s1. The summed E-state index contributed by atoms with van der Waals surface area (Å²) in [7, 11) is 1.76. The Balaban J connectivity index is 1.45. The van der Waals surface area contributed by atoms with E-state index in [0.717, 1.165) is 57.9 Å². The number of carbonyl (C=O) groups is 1. The molecule has 1 spiro atoms. The van der Waals surface area contributed by atoms with Crippen LogP contribution >= 0.6 is 0 Å². The molecule has 1 aromatic carbocycles. The molecule has 0 aliphatic carbocycles. The van der Waals surface area contributed by atoms with Gasteiger partial charge < -0.3 is 19.1 Å². The lowest BCUT2D eigenvalue weighted by Gasteiger charge is -2.48. The molecule has 2 aliphatic rings. The summed E-state index contributed by atoms with van der Waals surface area (Å²) in [6, 6.07) is 9.65. The van der Waals surface area contributed by atoms with Crippen LogP contribution in [0.5, 0.6) is 5.75 Å². The quantitative estimate of drug-likeness (QED) is 0.794. The van der Waals surface area contributed by atoms with Crippen molar-refractivity contribution in [2.75, 3.05) is 46.6 Å². The Hall–Kier alpha value is -1.59. The monoisotopic (exact) mass is 347 g/mol. The van der Waals surface area contributed by atoms with Crippen LogP contribution in [0, 0.1) is 11.3 Å². The molecule has 0 saturated carbocycles. The number of hydrogen-bond donors (Lipinski definition) is 0. The average Bonchev–Trinajstić information content (AvgIpc) is 2.65. The molecule has 2 aliphatic heterocycles. The van der Waals surface area contributed by atoms with Crippen LogP contribution in [0.2, 0.25) is 0 Å². The van der Waals surface area contributed by atoms with E-state index in [1.54, 1.807) is 7.11 Å².